The predicted molar refractivity (Wildman–Crippen MR) is 78.4 cm³/mol. The Balaban J connectivity index is 2.01. The number of rotatable bonds is 5. The highest BCUT2D eigenvalue weighted by Crippen LogP contribution is 2.12. The van der Waals surface area contributed by atoms with Gasteiger partial charge in [0.15, 0.2) is 0 Å². The van der Waals surface area contributed by atoms with Crippen LogP contribution in [0.1, 0.15) is 16.8 Å². The molecule has 0 amide bonds. The Morgan fingerprint density at radius 2 is 1.89 bits per heavy atom. The van der Waals surface area contributed by atoms with Gasteiger partial charge >= 0.3 is 0 Å². The normalized spacial score (nSPS) is 10.7. The second-order valence-corrected chi connectivity index (χ2v) is 4.76. The van der Waals surface area contributed by atoms with Crippen molar-refractivity contribution in [2.24, 2.45) is 5.84 Å². The topological polar surface area (TPSA) is 54.2 Å². The molecular formula is C15H20N4. The number of nitrogen functional groups attached to an aromatic ring is 1. The third-order valence-corrected chi connectivity index (χ3v) is 3.09. The summed E-state index contributed by atoms with van der Waals surface area (Å²) in [5.41, 5.74) is 6.24. The van der Waals surface area contributed by atoms with Crippen LogP contribution in [0.4, 0.5) is 5.82 Å². The van der Waals surface area contributed by atoms with Crippen LogP contribution in [0.25, 0.3) is 0 Å². The first-order valence-electron chi connectivity index (χ1n) is 6.34. The number of nitrogens with two attached hydrogens (primary N) is 1. The maximum atomic E-state index is 5.37. The molecule has 0 aliphatic heterocycles. The molecule has 1 aromatic carbocycles. The molecule has 0 spiro atoms. The Bertz CT molecular complexity index is 539. The Morgan fingerprint density at radius 1 is 1.11 bits per heavy atom. The van der Waals surface area contributed by atoms with E-state index < -0.39 is 0 Å². The average molecular weight is 256 g/mol. The van der Waals surface area contributed by atoms with Gasteiger partial charge in [-0.2, -0.15) is 0 Å². The van der Waals surface area contributed by atoms with Gasteiger partial charge in [0.25, 0.3) is 0 Å². The van der Waals surface area contributed by atoms with E-state index in [0.717, 1.165) is 18.8 Å². The summed E-state index contributed by atoms with van der Waals surface area (Å²) in [6.45, 7) is 3.85. The van der Waals surface area contributed by atoms with Crippen molar-refractivity contribution in [3.05, 3.63) is 59.3 Å². The molecule has 4 heteroatoms. The number of hydrogen-bond donors (Lipinski definition) is 2. The monoisotopic (exact) mass is 256 g/mol. The molecule has 0 fully saturated rings. The molecule has 0 saturated carbocycles. The van der Waals surface area contributed by atoms with Crippen LogP contribution in [0.2, 0.25) is 0 Å². The number of hydrogen-bond acceptors (Lipinski definition) is 4. The van der Waals surface area contributed by atoms with Crippen LogP contribution in [0.5, 0.6) is 0 Å². The summed E-state index contributed by atoms with van der Waals surface area (Å²) in [5, 5.41) is 0. The van der Waals surface area contributed by atoms with Crippen molar-refractivity contribution < 1.29 is 0 Å². The zero-order chi connectivity index (χ0) is 13.7. The molecule has 1 heterocycles. The van der Waals surface area contributed by atoms with Crippen molar-refractivity contribution in [1.82, 2.24) is 9.88 Å². The van der Waals surface area contributed by atoms with Gasteiger partial charge in [-0.15, -0.1) is 0 Å². The summed E-state index contributed by atoms with van der Waals surface area (Å²) < 4.78 is 0. The number of pyridine rings is 1. The third kappa shape index (κ3) is 3.77. The minimum absolute atomic E-state index is 0.696. The molecule has 3 N–H and O–H groups in total. The van der Waals surface area contributed by atoms with Gasteiger partial charge in [-0.25, -0.2) is 10.8 Å². The lowest BCUT2D eigenvalue weighted by Gasteiger charge is -2.17. The number of aromatic nitrogens is 1. The van der Waals surface area contributed by atoms with E-state index in [2.05, 4.69) is 53.5 Å². The van der Waals surface area contributed by atoms with Crippen molar-refractivity contribution >= 4 is 5.82 Å². The Labute approximate surface area is 114 Å². The third-order valence-electron chi connectivity index (χ3n) is 3.09. The first-order chi connectivity index (χ1) is 9.19. The van der Waals surface area contributed by atoms with E-state index in [1.54, 1.807) is 0 Å². The molecule has 100 valence electrons. The molecule has 0 aliphatic carbocycles. The van der Waals surface area contributed by atoms with Crippen LogP contribution in [-0.4, -0.2) is 16.9 Å². The minimum atomic E-state index is 0.696. The molecule has 4 nitrogen and oxygen atoms in total. The van der Waals surface area contributed by atoms with Crippen molar-refractivity contribution in [2.75, 3.05) is 12.5 Å². The molecule has 0 saturated heterocycles. The lowest BCUT2D eigenvalue weighted by molar-refractivity contribution is 0.314. The molecule has 2 aromatic rings. The fraction of sp³-hybridized carbons (Fsp3) is 0.267. The fourth-order valence-corrected chi connectivity index (χ4v) is 2.06. The zero-order valence-corrected chi connectivity index (χ0v) is 11.4. The van der Waals surface area contributed by atoms with Gasteiger partial charge in [-0.1, -0.05) is 30.3 Å². The maximum absolute atomic E-state index is 5.37. The maximum Gasteiger partial charge on any atom is 0.140 e. The van der Waals surface area contributed by atoms with E-state index in [-0.39, 0.29) is 0 Å². The van der Waals surface area contributed by atoms with Gasteiger partial charge in [0.1, 0.15) is 5.82 Å². The van der Waals surface area contributed by atoms with Gasteiger partial charge in [-0.05, 0) is 37.2 Å². The number of anilines is 1. The summed E-state index contributed by atoms with van der Waals surface area (Å²) in [6, 6.07) is 14.3. The first-order valence-corrected chi connectivity index (χ1v) is 6.34. The van der Waals surface area contributed by atoms with Gasteiger partial charge in [0.2, 0.25) is 0 Å². The SMILES string of the molecule is Cc1ccccc1CN(C)Cc1cccc(NN)n1. The van der Waals surface area contributed by atoms with Gasteiger partial charge in [0.05, 0.1) is 5.69 Å². The number of nitrogens with zero attached hydrogens (tertiary/aromatic N) is 2. The molecule has 2 rings (SSSR count). The molecule has 0 unspecified atom stereocenters. The summed E-state index contributed by atoms with van der Waals surface area (Å²) >= 11 is 0. The number of benzene rings is 1. The summed E-state index contributed by atoms with van der Waals surface area (Å²) in [5.74, 6) is 6.06. The van der Waals surface area contributed by atoms with Crippen LogP contribution in [0, 0.1) is 6.92 Å². The van der Waals surface area contributed by atoms with Crippen molar-refractivity contribution in [3.8, 4) is 0 Å². The molecule has 19 heavy (non-hydrogen) atoms. The number of aryl methyl sites for hydroxylation is 1. The predicted octanol–water partition coefficient (Wildman–Crippen LogP) is 2.31. The lowest BCUT2D eigenvalue weighted by atomic mass is 10.1. The van der Waals surface area contributed by atoms with Gasteiger partial charge in [-0.3, -0.25) is 4.90 Å². The van der Waals surface area contributed by atoms with E-state index in [4.69, 9.17) is 5.84 Å². The van der Waals surface area contributed by atoms with Crippen LogP contribution >= 0.6 is 0 Å². The van der Waals surface area contributed by atoms with E-state index >= 15 is 0 Å². The van der Waals surface area contributed by atoms with Crippen molar-refractivity contribution in [3.63, 3.8) is 0 Å². The largest absolute Gasteiger partial charge is 0.308 e. The van der Waals surface area contributed by atoms with Crippen LogP contribution in [0.3, 0.4) is 0 Å². The molecule has 0 bridgehead atoms. The Hall–Kier alpha value is -1.91. The minimum Gasteiger partial charge on any atom is -0.308 e. The zero-order valence-electron chi connectivity index (χ0n) is 11.4. The van der Waals surface area contributed by atoms with Crippen LogP contribution in [0.15, 0.2) is 42.5 Å². The Morgan fingerprint density at radius 3 is 2.63 bits per heavy atom. The number of nitrogens with one attached hydrogen (secondary N) is 1. The number of hydrazine groups is 1. The molecule has 0 aliphatic rings. The average Bonchev–Trinajstić information content (AvgIpc) is 2.41. The second kappa shape index (κ2) is 6.31. The summed E-state index contributed by atoms with van der Waals surface area (Å²) in [4.78, 5) is 6.66. The van der Waals surface area contributed by atoms with Crippen LogP contribution < -0.4 is 11.3 Å². The fourth-order valence-electron chi connectivity index (χ4n) is 2.06. The van der Waals surface area contributed by atoms with Crippen molar-refractivity contribution in [1.29, 1.82) is 0 Å². The van der Waals surface area contributed by atoms with Crippen molar-refractivity contribution in [2.45, 2.75) is 20.0 Å². The highest BCUT2D eigenvalue weighted by atomic mass is 15.2. The van der Waals surface area contributed by atoms with E-state index in [1.165, 1.54) is 11.1 Å². The Kier molecular flexibility index (Phi) is 4.49. The first kappa shape index (κ1) is 13.5. The standard InChI is InChI=1S/C15H20N4/c1-12-6-3-4-7-13(12)10-19(2)11-14-8-5-9-15(17-14)18-16/h3-9H,10-11,16H2,1-2H3,(H,17,18). The second-order valence-electron chi connectivity index (χ2n) is 4.76. The van der Waals surface area contributed by atoms with E-state index in [1.807, 2.05) is 18.2 Å². The highest BCUT2D eigenvalue weighted by Gasteiger charge is 2.05. The molecule has 0 atom stereocenters. The summed E-state index contributed by atoms with van der Waals surface area (Å²) in [7, 11) is 2.09. The summed E-state index contributed by atoms with van der Waals surface area (Å²) in [6.07, 6.45) is 0. The van der Waals surface area contributed by atoms with Gasteiger partial charge in [0, 0.05) is 13.1 Å². The van der Waals surface area contributed by atoms with Crippen LogP contribution in [-0.2, 0) is 13.1 Å². The quantitative estimate of drug-likeness (QED) is 0.636. The molecular weight excluding hydrogens is 236 g/mol. The smallest absolute Gasteiger partial charge is 0.140 e. The van der Waals surface area contributed by atoms with E-state index in [0.29, 0.717) is 5.82 Å². The van der Waals surface area contributed by atoms with E-state index in [9.17, 15) is 0 Å². The molecule has 1 aromatic heterocycles. The van der Waals surface area contributed by atoms with Gasteiger partial charge < -0.3 is 5.43 Å². The highest BCUT2D eigenvalue weighted by molar-refractivity contribution is 5.33. The molecule has 0 radical (unpaired) electrons. The lowest BCUT2D eigenvalue weighted by Crippen LogP contribution is -2.19.